The van der Waals surface area contributed by atoms with E-state index in [9.17, 15) is 17.6 Å². The van der Waals surface area contributed by atoms with Gasteiger partial charge in [0, 0.05) is 72.9 Å². The maximum Gasteiger partial charge on any atom is 0.129 e. The number of nitrogens with one attached hydrogen (secondary N) is 1. The Hall–Kier alpha value is -2.58. The number of aromatic amines is 1. The lowest BCUT2D eigenvalue weighted by molar-refractivity contribution is 0.0853. The van der Waals surface area contributed by atoms with Crippen molar-refractivity contribution in [3.63, 3.8) is 0 Å². The number of hydrogen-bond acceptors (Lipinski definition) is 3. The van der Waals surface area contributed by atoms with Crippen molar-refractivity contribution in [2.24, 2.45) is 5.92 Å². The molecule has 5 rings (SSSR count). The summed E-state index contributed by atoms with van der Waals surface area (Å²) in [5.41, 5.74) is 2.72. The Balaban J connectivity index is 0.000000173. The van der Waals surface area contributed by atoms with Crippen LogP contribution < -0.4 is 4.74 Å². The van der Waals surface area contributed by atoms with Gasteiger partial charge in [-0.3, -0.25) is 14.2 Å². The number of fused-ring (bicyclic) bond motifs is 3. The van der Waals surface area contributed by atoms with Crippen LogP contribution in [0.25, 0.3) is 10.9 Å². The van der Waals surface area contributed by atoms with Crippen LogP contribution in [0.5, 0.6) is 5.75 Å². The van der Waals surface area contributed by atoms with E-state index in [1.807, 2.05) is 0 Å². The third-order valence-corrected chi connectivity index (χ3v) is 7.07. The van der Waals surface area contributed by atoms with Gasteiger partial charge in [-0.2, -0.15) is 0 Å². The summed E-state index contributed by atoms with van der Waals surface area (Å²) in [6.45, 7) is 9.11. The average Bonchev–Trinajstić information content (AvgIpc) is 3.42. The zero-order valence-corrected chi connectivity index (χ0v) is 21.9. The molecular weight excluding hydrogens is 482 g/mol. The number of aromatic nitrogens is 1. The molecular formula is C29H37F4N3O. The first-order chi connectivity index (χ1) is 17.6. The van der Waals surface area contributed by atoms with Gasteiger partial charge in [0.15, 0.2) is 0 Å². The molecule has 202 valence electrons. The summed E-state index contributed by atoms with van der Waals surface area (Å²) in [6.07, 6.45) is 1.86. The molecule has 0 spiro atoms. The summed E-state index contributed by atoms with van der Waals surface area (Å²) in [5.74, 6) is -0.988. The van der Waals surface area contributed by atoms with Gasteiger partial charge in [-0.25, -0.2) is 13.2 Å². The number of ether oxygens (including phenoxy) is 1. The van der Waals surface area contributed by atoms with E-state index in [2.05, 4.69) is 46.0 Å². The van der Waals surface area contributed by atoms with E-state index < -0.39 is 17.3 Å². The first-order valence-corrected chi connectivity index (χ1v) is 13.0. The maximum absolute atomic E-state index is 13.9. The topological polar surface area (TPSA) is 31.5 Å². The van der Waals surface area contributed by atoms with Crippen molar-refractivity contribution >= 4 is 10.9 Å². The molecule has 0 saturated carbocycles. The van der Waals surface area contributed by atoms with Gasteiger partial charge in [0.05, 0.1) is 6.67 Å². The van der Waals surface area contributed by atoms with Gasteiger partial charge in [-0.1, -0.05) is 18.2 Å². The van der Waals surface area contributed by atoms with Crippen LogP contribution in [0.2, 0.25) is 0 Å². The predicted molar refractivity (Wildman–Crippen MR) is 139 cm³/mol. The van der Waals surface area contributed by atoms with Gasteiger partial charge >= 0.3 is 0 Å². The number of halogens is 4. The third kappa shape index (κ3) is 7.48. The van der Waals surface area contributed by atoms with E-state index in [0.29, 0.717) is 25.7 Å². The fraction of sp³-hybridized carbons (Fsp3) is 0.517. The molecule has 2 aromatic carbocycles. The number of H-pyrrole nitrogens is 1. The van der Waals surface area contributed by atoms with Gasteiger partial charge in [0.25, 0.3) is 0 Å². The average molecular weight is 520 g/mol. The zero-order valence-electron chi connectivity index (χ0n) is 21.9. The molecule has 1 fully saturated rings. The predicted octanol–water partition coefficient (Wildman–Crippen LogP) is 6.30. The molecule has 0 amide bonds. The van der Waals surface area contributed by atoms with Crippen molar-refractivity contribution < 1.29 is 22.3 Å². The molecule has 2 unspecified atom stereocenters. The van der Waals surface area contributed by atoms with Gasteiger partial charge in [0.2, 0.25) is 0 Å². The summed E-state index contributed by atoms with van der Waals surface area (Å²) in [4.78, 5) is 7.82. The molecule has 2 aliphatic rings. The Labute approximate surface area is 216 Å². The second-order valence-corrected chi connectivity index (χ2v) is 10.9. The lowest BCUT2D eigenvalue weighted by Crippen LogP contribution is -2.44. The molecule has 2 atom stereocenters. The molecule has 1 N–H and O–H groups in total. The van der Waals surface area contributed by atoms with Crippen molar-refractivity contribution in [1.82, 2.24) is 14.8 Å². The minimum atomic E-state index is -1.14. The largest absolute Gasteiger partial charge is 0.492 e. The Morgan fingerprint density at radius 3 is 2.51 bits per heavy atom. The molecule has 8 heteroatoms. The summed E-state index contributed by atoms with van der Waals surface area (Å²) < 4.78 is 57.3. The SMILES string of the molecule is CC1Cc2c([nH]c3ccccc23)CN1CC(C)(C)F.FCC1CCN(CCOc2cc(F)cc(F)c2)C1. The van der Waals surface area contributed by atoms with Crippen LogP contribution in [0.1, 0.15) is 38.4 Å². The van der Waals surface area contributed by atoms with Crippen molar-refractivity contribution in [3.8, 4) is 5.75 Å². The minimum absolute atomic E-state index is 0.122. The molecule has 3 aromatic rings. The number of rotatable bonds is 7. The number of likely N-dealkylation sites (tertiary alicyclic amines) is 1. The first kappa shape index (κ1) is 27.5. The second kappa shape index (κ2) is 11.9. The first-order valence-electron chi connectivity index (χ1n) is 13.0. The lowest BCUT2D eigenvalue weighted by atomic mass is 9.96. The van der Waals surface area contributed by atoms with Crippen LogP contribution in [0.3, 0.4) is 0 Å². The lowest BCUT2D eigenvalue weighted by Gasteiger charge is -2.36. The van der Waals surface area contributed by atoms with Crippen LogP contribution in [-0.2, 0) is 13.0 Å². The number of hydrogen-bond donors (Lipinski definition) is 1. The molecule has 1 saturated heterocycles. The molecule has 37 heavy (non-hydrogen) atoms. The van der Waals surface area contributed by atoms with Crippen molar-refractivity contribution in [3.05, 3.63) is 65.4 Å². The molecule has 4 nitrogen and oxygen atoms in total. The number of nitrogens with zero attached hydrogens (tertiary/aromatic N) is 2. The molecule has 3 heterocycles. The summed E-state index contributed by atoms with van der Waals surface area (Å²) in [6, 6.07) is 11.9. The van der Waals surface area contributed by atoms with Crippen molar-refractivity contribution in [2.75, 3.05) is 39.5 Å². The van der Waals surface area contributed by atoms with Crippen LogP contribution in [-0.4, -0.2) is 66.0 Å². The van der Waals surface area contributed by atoms with Gasteiger partial charge in [0.1, 0.15) is 29.7 Å². The Bertz CT molecular complexity index is 1160. The third-order valence-electron chi connectivity index (χ3n) is 7.07. The zero-order chi connectivity index (χ0) is 26.6. The van der Waals surface area contributed by atoms with Crippen molar-refractivity contribution in [1.29, 1.82) is 0 Å². The van der Waals surface area contributed by atoms with E-state index in [1.54, 1.807) is 13.8 Å². The highest BCUT2D eigenvalue weighted by atomic mass is 19.1. The number of alkyl halides is 2. The van der Waals surface area contributed by atoms with Gasteiger partial charge in [-0.05, 0) is 51.8 Å². The summed E-state index contributed by atoms with van der Waals surface area (Å²) in [5, 5.41) is 1.32. The molecule has 1 aromatic heterocycles. The van der Waals surface area contributed by atoms with E-state index in [-0.39, 0.29) is 18.3 Å². The normalized spacial score (nSPS) is 20.5. The summed E-state index contributed by atoms with van der Waals surface area (Å²) in [7, 11) is 0. The van der Waals surface area contributed by atoms with Crippen LogP contribution in [0.15, 0.2) is 42.5 Å². The second-order valence-electron chi connectivity index (χ2n) is 10.9. The van der Waals surface area contributed by atoms with Crippen molar-refractivity contribution in [2.45, 2.75) is 51.9 Å². The van der Waals surface area contributed by atoms with E-state index in [1.165, 1.54) is 22.2 Å². The van der Waals surface area contributed by atoms with Gasteiger partial charge < -0.3 is 9.72 Å². The van der Waals surface area contributed by atoms with Crippen LogP contribution >= 0.6 is 0 Å². The smallest absolute Gasteiger partial charge is 0.129 e. The Morgan fingerprint density at radius 2 is 1.84 bits per heavy atom. The highest BCUT2D eigenvalue weighted by molar-refractivity contribution is 5.84. The van der Waals surface area contributed by atoms with Gasteiger partial charge in [-0.15, -0.1) is 0 Å². The molecule has 0 radical (unpaired) electrons. The number of para-hydroxylation sites is 1. The standard InChI is InChI=1S/C16H21FN2.C13H16F3NO/c1-11-8-13-12-6-4-5-7-14(12)18-15(13)9-19(11)10-16(2,3)17;14-8-10-1-2-17(9-10)3-4-18-13-6-11(15)5-12(16)7-13/h4-7,11,18H,8-10H2,1-3H3;5-7,10H,1-4,8-9H2. The quantitative estimate of drug-likeness (QED) is 0.372. The van der Waals surface area contributed by atoms with E-state index >= 15 is 0 Å². The highest BCUT2D eigenvalue weighted by Crippen LogP contribution is 2.31. The fourth-order valence-electron chi connectivity index (χ4n) is 5.25. The molecule has 0 aliphatic carbocycles. The number of benzene rings is 2. The van der Waals surface area contributed by atoms with Crippen LogP contribution in [0, 0.1) is 17.6 Å². The highest BCUT2D eigenvalue weighted by Gasteiger charge is 2.30. The van der Waals surface area contributed by atoms with E-state index in [0.717, 1.165) is 50.7 Å². The summed E-state index contributed by atoms with van der Waals surface area (Å²) >= 11 is 0. The van der Waals surface area contributed by atoms with E-state index in [4.69, 9.17) is 4.74 Å². The maximum atomic E-state index is 13.9. The molecule has 2 aliphatic heterocycles. The minimum Gasteiger partial charge on any atom is -0.492 e. The van der Waals surface area contributed by atoms with Crippen LogP contribution in [0.4, 0.5) is 17.6 Å². The Kier molecular flexibility index (Phi) is 8.80. The monoisotopic (exact) mass is 519 g/mol. The Morgan fingerprint density at radius 1 is 1.11 bits per heavy atom. The molecule has 0 bridgehead atoms. The fourth-order valence-corrected chi connectivity index (χ4v) is 5.25.